The van der Waals surface area contributed by atoms with Gasteiger partial charge < -0.3 is 10.1 Å². The Morgan fingerprint density at radius 1 is 1.47 bits per heavy atom. The van der Waals surface area contributed by atoms with Gasteiger partial charge in [0.15, 0.2) is 11.6 Å². The van der Waals surface area contributed by atoms with E-state index >= 15 is 0 Å². The zero-order valence-electron chi connectivity index (χ0n) is 11.0. The maximum absolute atomic E-state index is 5.92. The van der Waals surface area contributed by atoms with Crippen molar-refractivity contribution in [3.8, 4) is 10.7 Å². The first-order chi connectivity index (χ1) is 9.33. The minimum atomic E-state index is 0.350. The third-order valence-corrected chi connectivity index (χ3v) is 4.19. The summed E-state index contributed by atoms with van der Waals surface area (Å²) < 4.78 is 7.74. The van der Waals surface area contributed by atoms with E-state index in [2.05, 4.69) is 15.4 Å². The lowest BCUT2D eigenvalue weighted by Crippen LogP contribution is -2.32. The Balaban J connectivity index is 1.64. The van der Waals surface area contributed by atoms with Crippen molar-refractivity contribution in [1.29, 1.82) is 0 Å². The maximum atomic E-state index is 5.92. The Morgan fingerprint density at radius 2 is 2.32 bits per heavy atom. The van der Waals surface area contributed by atoms with Crippen LogP contribution in [0, 0.1) is 0 Å². The van der Waals surface area contributed by atoms with E-state index in [1.165, 1.54) is 0 Å². The lowest BCUT2D eigenvalue weighted by Gasteiger charge is -2.22. The third-order valence-electron chi connectivity index (χ3n) is 3.33. The molecular formula is C13H18N4OS. The molecule has 1 aliphatic rings. The molecular weight excluding hydrogens is 260 g/mol. The monoisotopic (exact) mass is 278 g/mol. The summed E-state index contributed by atoms with van der Waals surface area (Å²) in [6, 6.07) is 4.05. The van der Waals surface area contributed by atoms with E-state index < -0.39 is 0 Å². The highest BCUT2D eigenvalue weighted by Gasteiger charge is 2.15. The first-order valence-corrected chi connectivity index (χ1v) is 7.47. The normalized spacial score (nSPS) is 16.9. The average Bonchev–Trinajstić information content (AvgIpc) is 3.07. The molecule has 3 rings (SSSR count). The number of nitrogens with one attached hydrogen (secondary N) is 1. The van der Waals surface area contributed by atoms with Crippen LogP contribution in [0.2, 0.25) is 0 Å². The molecule has 1 aliphatic heterocycles. The van der Waals surface area contributed by atoms with Crippen LogP contribution in [0.5, 0.6) is 0 Å². The van der Waals surface area contributed by atoms with Crippen LogP contribution in [0.25, 0.3) is 10.7 Å². The molecule has 2 aromatic heterocycles. The highest BCUT2D eigenvalue weighted by molar-refractivity contribution is 7.13. The molecule has 0 radical (unpaired) electrons. The molecule has 3 heterocycles. The maximum Gasteiger partial charge on any atom is 0.191 e. The second-order valence-corrected chi connectivity index (χ2v) is 5.66. The minimum Gasteiger partial charge on any atom is -0.370 e. The number of piperidine rings is 1. The fraction of sp³-hybridized carbons (Fsp3) is 0.538. The van der Waals surface area contributed by atoms with Gasteiger partial charge in [0.2, 0.25) is 0 Å². The van der Waals surface area contributed by atoms with Crippen molar-refractivity contribution < 1.29 is 4.74 Å². The van der Waals surface area contributed by atoms with Gasteiger partial charge in [0, 0.05) is 7.05 Å². The number of thiophene rings is 1. The van der Waals surface area contributed by atoms with E-state index in [9.17, 15) is 0 Å². The van der Waals surface area contributed by atoms with E-state index in [1.54, 1.807) is 11.3 Å². The van der Waals surface area contributed by atoms with E-state index in [-0.39, 0.29) is 0 Å². The fourth-order valence-electron chi connectivity index (χ4n) is 2.21. The van der Waals surface area contributed by atoms with E-state index in [1.807, 2.05) is 29.2 Å². The van der Waals surface area contributed by atoms with Crippen molar-refractivity contribution in [1.82, 2.24) is 20.1 Å². The van der Waals surface area contributed by atoms with Gasteiger partial charge in [-0.3, -0.25) is 4.68 Å². The molecule has 19 heavy (non-hydrogen) atoms. The standard InChI is InChI=1S/C13H18N4OS/c1-17-12(9-18-10-4-6-14-7-5-10)15-13(16-17)11-3-2-8-19-11/h2-3,8,10,14H,4-7,9H2,1H3. The summed E-state index contributed by atoms with van der Waals surface area (Å²) in [7, 11) is 1.92. The lowest BCUT2D eigenvalue weighted by molar-refractivity contribution is 0.0165. The molecule has 1 saturated heterocycles. The van der Waals surface area contributed by atoms with Gasteiger partial charge in [0.1, 0.15) is 6.61 Å². The summed E-state index contributed by atoms with van der Waals surface area (Å²) in [5, 5.41) is 9.81. The van der Waals surface area contributed by atoms with Crippen molar-refractivity contribution in [2.24, 2.45) is 7.05 Å². The Hall–Kier alpha value is -1.24. The predicted molar refractivity (Wildman–Crippen MR) is 75.0 cm³/mol. The first kappa shape index (κ1) is 12.8. The van der Waals surface area contributed by atoms with Crippen LogP contribution in [-0.2, 0) is 18.4 Å². The molecule has 6 heteroatoms. The Labute approximate surface area is 116 Å². The first-order valence-electron chi connectivity index (χ1n) is 6.59. The summed E-state index contributed by atoms with van der Waals surface area (Å²) >= 11 is 1.66. The molecule has 0 saturated carbocycles. The molecule has 1 fully saturated rings. The zero-order valence-corrected chi connectivity index (χ0v) is 11.8. The minimum absolute atomic E-state index is 0.350. The summed E-state index contributed by atoms with van der Waals surface area (Å²) in [5.74, 6) is 1.68. The molecule has 0 spiro atoms. The molecule has 0 atom stereocenters. The molecule has 0 aliphatic carbocycles. The number of rotatable bonds is 4. The highest BCUT2D eigenvalue weighted by Crippen LogP contribution is 2.21. The number of nitrogens with zero attached hydrogens (tertiary/aromatic N) is 3. The SMILES string of the molecule is Cn1nc(-c2cccs2)nc1COC1CCNCC1. The second-order valence-electron chi connectivity index (χ2n) is 4.71. The molecule has 0 aromatic carbocycles. The van der Waals surface area contributed by atoms with Crippen molar-refractivity contribution in [3.05, 3.63) is 23.3 Å². The van der Waals surface area contributed by atoms with E-state index in [4.69, 9.17) is 4.74 Å². The summed E-state index contributed by atoms with van der Waals surface area (Å²) in [5.41, 5.74) is 0. The largest absolute Gasteiger partial charge is 0.370 e. The van der Waals surface area contributed by atoms with Gasteiger partial charge in [0.25, 0.3) is 0 Å². The van der Waals surface area contributed by atoms with Crippen LogP contribution in [-0.4, -0.2) is 34.0 Å². The zero-order chi connectivity index (χ0) is 13.1. The van der Waals surface area contributed by atoms with Gasteiger partial charge in [0.05, 0.1) is 11.0 Å². The smallest absolute Gasteiger partial charge is 0.191 e. The Kier molecular flexibility index (Phi) is 3.91. The molecule has 5 nitrogen and oxygen atoms in total. The molecule has 0 bridgehead atoms. The molecule has 102 valence electrons. The fourth-order valence-corrected chi connectivity index (χ4v) is 2.86. The number of aromatic nitrogens is 3. The van der Waals surface area contributed by atoms with Gasteiger partial charge in [-0.15, -0.1) is 11.3 Å². The molecule has 0 amide bonds. The van der Waals surface area contributed by atoms with Crippen LogP contribution >= 0.6 is 11.3 Å². The van der Waals surface area contributed by atoms with E-state index in [0.717, 1.165) is 42.5 Å². The number of ether oxygens (including phenoxy) is 1. The van der Waals surface area contributed by atoms with Gasteiger partial charge in [-0.25, -0.2) is 4.98 Å². The summed E-state index contributed by atoms with van der Waals surface area (Å²) in [6.45, 7) is 2.63. The third kappa shape index (κ3) is 3.02. The quantitative estimate of drug-likeness (QED) is 0.927. The summed E-state index contributed by atoms with van der Waals surface area (Å²) in [6.07, 6.45) is 2.51. The van der Waals surface area contributed by atoms with Gasteiger partial charge in [-0.2, -0.15) is 5.10 Å². The average molecular weight is 278 g/mol. The van der Waals surface area contributed by atoms with Gasteiger partial charge in [-0.05, 0) is 37.4 Å². The van der Waals surface area contributed by atoms with Crippen LogP contribution in [0.3, 0.4) is 0 Å². The van der Waals surface area contributed by atoms with Crippen molar-refractivity contribution in [2.45, 2.75) is 25.6 Å². The topological polar surface area (TPSA) is 52.0 Å². The van der Waals surface area contributed by atoms with Crippen LogP contribution < -0.4 is 5.32 Å². The Morgan fingerprint density at radius 3 is 3.05 bits per heavy atom. The Bertz CT molecular complexity index is 517. The lowest BCUT2D eigenvalue weighted by atomic mass is 10.1. The van der Waals surface area contributed by atoms with Crippen LogP contribution in [0.4, 0.5) is 0 Å². The van der Waals surface area contributed by atoms with Crippen molar-refractivity contribution in [2.75, 3.05) is 13.1 Å². The molecule has 2 aromatic rings. The van der Waals surface area contributed by atoms with Crippen LogP contribution in [0.15, 0.2) is 17.5 Å². The number of hydrogen-bond acceptors (Lipinski definition) is 5. The summed E-state index contributed by atoms with van der Waals surface area (Å²) in [4.78, 5) is 5.66. The van der Waals surface area contributed by atoms with Gasteiger partial charge >= 0.3 is 0 Å². The number of aryl methyl sites for hydroxylation is 1. The van der Waals surface area contributed by atoms with Crippen molar-refractivity contribution >= 4 is 11.3 Å². The van der Waals surface area contributed by atoms with E-state index in [0.29, 0.717) is 12.7 Å². The van der Waals surface area contributed by atoms with Gasteiger partial charge in [-0.1, -0.05) is 6.07 Å². The highest BCUT2D eigenvalue weighted by atomic mass is 32.1. The molecule has 1 N–H and O–H groups in total. The van der Waals surface area contributed by atoms with Crippen LogP contribution in [0.1, 0.15) is 18.7 Å². The molecule has 0 unspecified atom stereocenters. The second kappa shape index (κ2) is 5.81. The van der Waals surface area contributed by atoms with Crippen molar-refractivity contribution in [3.63, 3.8) is 0 Å². The number of hydrogen-bond donors (Lipinski definition) is 1. The predicted octanol–water partition coefficient (Wildman–Crippen LogP) is 1.81.